The lowest BCUT2D eigenvalue weighted by Gasteiger charge is -2.06. The maximum Gasteiger partial charge on any atom is 0.0998 e. The first kappa shape index (κ1) is 12.2. The Balaban J connectivity index is 2.16. The number of benzene rings is 2. The molecule has 0 aliphatic heterocycles. The van der Waals surface area contributed by atoms with E-state index in [-0.39, 0.29) is 0 Å². The maximum atomic E-state index is 9.26. The monoisotopic (exact) mass is 259 g/mol. The number of aryl methyl sites for hydroxylation is 1. The fourth-order valence-electron chi connectivity index (χ4n) is 2.22. The van der Waals surface area contributed by atoms with Gasteiger partial charge in [-0.05, 0) is 29.3 Å². The van der Waals surface area contributed by atoms with Crippen molar-refractivity contribution in [2.45, 2.75) is 0 Å². The van der Waals surface area contributed by atoms with Crippen LogP contribution in [0.2, 0.25) is 0 Å². The van der Waals surface area contributed by atoms with Crippen LogP contribution in [0.5, 0.6) is 0 Å². The maximum absolute atomic E-state index is 9.26. The fourth-order valence-corrected chi connectivity index (χ4v) is 2.22. The minimum Gasteiger partial charge on any atom is -0.275 e. The second kappa shape index (κ2) is 5.02. The van der Waals surface area contributed by atoms with Crippen LogP contribution in [0.15, 0.2) is 60.8 Å². The number of nitriles is 1. The van der Waals surface area contributed by atoms with Gasteiger partial charge in [0.05, 0.1) is 17.3 Å². The largest absolute Gasteiger partial charge is 0.275 e. The van der Waals surface area contributed by atoms with Gasteiger partial charge in [0.25, 0.3) is 0 Å². The SMILES string of the molecule is Cn1ccc(-c2cc(-c3ccccc3)ccc2C#N)n1. The molecule has 1 heterocycles. The van der Waals surface area contributed by atoms with E-state index in [2.05, 4.69) is 23.3 Å². The van der Waals surface area contributed by atoms with Crippen molar-refractivity contribution in [1.29, 1.82) is 5.26 Å². The summed E-state index contributed by atoms with van der Waals surface area (Å²) >= 11 is 0. The first-order valence-electron chi connectivity index (χ1n) is 6.37. The lowest BCUT2D eigenvalue weighted by atomic mass is 9.98. The number of hydrogen-bond acceptors (Lipinski definition) is 2. The van der Waals surface area contributed by atoms with E-state index in [1.165, 1.54) is 0 Å². The molecule has 96 valence electrons. The highest BCUT2D eigenvalue weighted by Gasteiger charge is 2.09. The molecule has 20 heavy (non-hydrogen) atoms. The van der Waals surface area contributed by atoms with Crippen LogP contribution in [0.4, 0.5) is 0 Å². The molecular formula is C17H13N3. The van der Waals surface area contributed by atoms with Gasteiger partial charge in [-0.25, -0.2) is 0 Å². The summed E-state index contributed by atoms with van der Waals surface area (Å²) in [4.78, 5) is 0. The van der Waals surface area contributed by atoms with Crippen LogP contribution in [0.1, 0.15) is 5.56 Å². The molecule has 3 heteroatoms. The summed E-state index contributed by atoms with van der Waals surface area (Å²) in [6.45, 7) is 0. The molecule has 0 bridgehead atoms. The van der Waals surface area contributed by atoms with Gasteiger partial charge >= 0.3 is 0 Å². The Morgan fingerprint density at radius 3 is 2.45 bits per heavy atom. The van der Waals surface area contributed by atoms with Crippen molar-refractivity contribution in [3.05, 3.63) is 66.4 Å². The van der Waals surface area contributed by atoms with Crippen molar-refractivity contribution in [3.8, 4) is 28.5 Å². The van der Waals surface area contributed by atoms with Gasteiger partial charge in [-0.2, -0.15) is 10.4 Å². The van der Waals surface area contributed by atoms with E-state index in [0.29, 0.717) is 5.56 Å². The molecule has 0 unspecified atom stereocenters. The molecule has 0 aliphatic rings. The van der Waals surface area contributed by atoms with E-state index in [1.54, 1.807) is 4.68 Å². The predicted molar refractivity (Wildman–Crippen MR) is 78.8 cm³/mol. The standard InChI is InChI=1S/C17H13N3/c1-20-10-9-17(19-20)16-11-14(7-8-15(16)12-18)13-5-3-2-4-6-13/h2-11H,1H3. The average Bonchev–Trinajstić information content (AvgIpc) is 2.94. The van der Waals surface area contributed by atoms with Gasteiger partial charge < -0.3 is 0 Å². The fraction of sp³-hybridized carbons (Fsp3) is 0.0588. The molecule has 1 aromatic heterocycles. The third kappa shape index (κ3) is 2.19. The first-order valence-corrected chi connectivity index (χ1v) is 6.37. The van der Waals surface area contributed by atoms with Crippen molar-refractivity contribution >= 4 is 0 Å². The summed E-state index contributed by atoms with van der Waals surface area (Å²) < 4.78 is 1.74. The molecule has 0 saturated heterocycles. The van der Waals surface area contributed by atoms with Gasteiger partial charge in [0.2, 0.25) is 0 Å². The van der Waals surface area contributed by atoms with Crippen LogP contribution in [0.25, 0.3) is 22.4 Å². The molecule has 0 aliphatic carbocycles. The molecule has 0 atom stereocenters. The minimum atomic E-state index is 0.642. The summed E-state index contributed by atoms with van der Waals surface area (Å²) in [5, 5.41) is 13.7. The number of aromatic nitrogens is 2. The Morgan fingerprint density at radius 2 is 1.80 bits per heavy atom. The third-order valence-corrected chi connectivity index (χ3v) is 3.24. The molecule has 3 aromatic rings. The summed E-state index contributed by atoms with van der Waals surface area (Å²) in [5.74, 6) is 0. The summed E-state index contributed by atoms with van der Waals surface area (Å²) in [6, 6.07) is 20.1. The highest BCUT2D eigenvalue weighted by atomic mass is 15.2. The van der Waals surface area contributed by atoms with Gasteiger partial charge in [-0.15, -0.1) is 0 Å². The van der Waals surface area contributed by atoms with E-state index >= 15 is 0 Å². The summed E-state index contributed by atoms with van der Waals surface area (Å²) in [7, 11) is 1.87. The second-order valence-electron chi connectivity index (χ2n) is 4.61. The summed E-state index contributed by atoms with van der Waals surface area (Å²) in [6.07, 6.45) is 1.88. The highest BCUT2D eigenvalue weighted by molar-refractivity contribution is 5.75. The van der Waals surface area contributed by atoms with Crippen LogP contribution >= 0.6 is 0 Å². The van der Waals surface area contributed by atoms with E-state index < -0.39 is 0 Å². The number of nitrogens with zero attached hydrogens (tertiary/aromatic N) is 3. The van der Waals surface area contributed by atoms with Crippen molar-refractivity contribution in [2.24, 2.45) is 7.05 Å². The van der Waals surface area contributed by atoms with Crippen molar-refractivity contribution in [3.63, 3.8) is 0 Å². The Morgan fingerprint density at radius 1 is 1.00 bits per heavy atom. The molecule has 0 N–H and O–H groups in total. The van der Waals surface area contributed by atoms with E-state index in [1.807, 2.05) is 55.7 Å². The van der Waals surface area contributed by atoms with Crippen molar-refractivity contribution in [2.75, 3.05) is 0 Å². The quantitative estimate of drug-likeness (QED) is 0.705. The molecule has 0 saturated carbocycles. The number of rotatable bonds is 2. The Bertz CT molecular complexity index is 779. The van der Waals surface area contributed by atoms with Crippen LogP contribution in [-0.4, -0.2) is 9.78 Å². The van der Waals surface area contributed by atoms with Gasteiger partial charge in [-0.3, -0.25) is 4.68 Å². The van der Waals surface area contributed by atoms with E-state index in [0.717, 1.165) is 22.4 Å². The zero-order valence-corrected chi connectivity index (χ0v) is 11.1. The number of hydrogen-bond donors (Lipinski definition) is 0. The van der Waals surface area contributed by atoms with Crippen LogP contribution in [0.3, 0.4) is 0 Å². The van der Waals surface area contributed by atoms with Crippen LogP contribution in [-0.2, 0) is 7.05 Å². The summed E-state index contributed by atoms with van der Waals surface area (Å²) in [5.41, 5.74) is 4.55. The highest BCUT2D eigenvalue weighted by Crippen LogP contribution is 2.28. The van der Waals surface area contributed by atoms with Gasteiger partial charge in [-0.1, -0.05) is 36.4 Å². The minimum absolute atomic E-state index is 0.642. The molecule has 3 rings (SSSR count). The topological polar surface area (TPSA) is 41.6 Å². The smallest absolute Gasteiger partial charge is 0.0998 e. The Labute approximate surface area is 117 Å². The molecule has 0 spiro atoms. The van der Waals surface area contributed by atoms with Gasteiger partial charge in [0, 0.05) is 18.8 Å². The first-order chi connectivity index (χ1) is 9.78. The molecule has 0 fully saturated rings. The Kier molecular flexibility index (Phi) is 3.06. The molecule has 3 nitrogen and oxygen atoms in total. The molecule has 0 amide bonds. The molecular weight excluding hydrogens is 246 g/mol. The van der Waals surface area contributed by atoms with E-state index in [9.17, 15) is 5.26 Å². The van der Waals surface area contributed by atoms with E-state index in [4.69, 9.17) is 0 Å². The van der Waals surface area contributed by atoms with Crippen LogP contribution < -0.4 is 0 Å². The zero-order valence-electron chi connectivity index (χ0n) is 11.1. The molecule has 0 radical (unpaired) electrons. The van der Waals surface area contributed by atoms with Crippen molar-refractivity contribution in [1.82, 2.24) is 9.78 Å². The lowest BCUT2D eigenvalue weighted by Crippen LogP contribution is -1.91. The Hall–Kier alpha value is -2.86. The lowest BCUT2D eigenvalue weighted by molar-refractivity contribution is 0.771. The molecule has 2 aromatic carbocycles. The average molecular weight is 259 g/mol. The van der Waals surface area contributed by atoms with Gasteiger partial charge in [0.1, 0.15) is 0 Å². The van der Waals surface area contributed by atoms with Crippen molar-refractivity contribution < 1.29 is 0 Å². The zero-order chi connectivity index (χ0) is 13.9. The van der Waals surface area contributed by atoms with Crippen LogP contribution in [0, 0.1) is 11.3 Å². The van der Waals surface area contributed by atoms with Gasteiger partial charge in [0.15, 0.2) is 0 Å². The predicted octanol–water partition coefficient (Wildman–Crippen LogP) is 3.63. The third-order valence-electron chi connectivity index (χ3n) is 3.24. The second-order valence-corrected chi connectivity index (χ2v) is 4.61. The normalized spacial score (nSPS) is 10.2.